The maximum Gasteiger partial charge on any atom is 0.164 e. The quantitative estimate of drug-likeness (QED) is 0.172. The fourth-order valence-corrected chi connectivity index (χ4v) is 7.84. The van der Waals surface area contributed by atoms with Gasteiger partial charge in [-0.2, -0.15) is 0 Å². The molecule has 0 aliphatic rings. The first kappa shape index (κ1) is 27.0. The van der Waals surface area contributed by atoms with Crippen molar-refractivity contribution in [3.05, 3.63) is 194 Å². The summed E-state index contributed by atoms with van der Waals surface area (Å²) in [5, 5.41) is 4.10. The summed E-state index contributed by atoms with van der Waals surface area (Å²) in [6, 6.07) is 52.6. The van der Waals surface area contributed by atoms with E-state index in [2.05, 4.69) is 77.4 Å². The van der Waals surface area contributed by atoms with E-state index in [0.29, 0.717) is 34.2 Å². The molecule has 0 spiro atoms. The molecule has 0 aliphatic heterocycles. The molecular formula is C51H32N4O. The van der Waals surface area contributed by atoms with Gasteiger partial charge in [0.25, 0.3) is 0 Å². The van der Waals surface area contributed by atoms with Gasteiger partial charge in [-0.05, 0) is 70.8 Å². The van der Waals surface area contributed by atoms with Gasteiger partial charge >= 0.3 is 0 Å². The van der Waals surface area contributed by atoms with Crippen molar-refractivity contribution in [3.63, 3.8) is 0 Å². The van der Waals surface area contributed by atoms with Gasteiger partial charge in [0.2, 0.25) is 0 Å². The molecule has 5 nitrogen and oxygen atoms in total. The van der Waals surface area contributed by atoms with Crippen LogP contribution in [0.1, 0.15) is 6.85 Å². The van der Waals surface area contributed by atoms with Crippen molar-refractivity contribution in [2.75, 3.05) is 0 Å². The molecular weight excluding hydrogens is 685 g/mol. The molecule has 0 amide bonds. The van der Waals surface area contributed by atoms with E-state index in [9.17, 15) is 0 Å². The average Bonchev–Trinajstić information content (AvgIpc) is 3.87. The highest BCUT2D eigenvalue weighted by molar-refractivity contribution is 6.18. The standard InChI is InChI=1S/C51H32N4O/c1-4-15-33(16-5-1)35-19-12-20-37(31-35)50-52-49(34-17-6-2-7-18-34)53-51(54-50)41-25-14-28-46-48(41)47-39(24-13-27-45(47)56-46)36-29-30-44-42(32-36)40-23-10-11-26-43(40)55(44)38-21-8-3-9-22-38/h1-32H/i1D,4D,5D,15D,16D. The zero-order valence-electron chi connectivity index (χ0n) is 34.8. The Labute approximate surface area is 329 Å². The third-order valence-electron chi connectivity index (χ3n) is 10.3. The lowest BCUT2D eigenvalue weighted by molar-refractivity contribution is 0.669. The van der Waals surface area contributed by atoms with Gasteiger partial charge in [0.1, 0.15) is 11.2 Å². The van der Waals surface area contributed by atoms with Gasteiger partial charge in [-0.15, -0.1) is 0 Å². The Morgan fingerprint density at radius 2 is 1.02 bits per heavy atom. The van der Waals surface area contributed by atoms with Crippen molar-refractivity contribution < 1.29 is 11.3 Å². The predicted molar refractivity (Wildman–Crippen MR) is 229 cm³/mol. The van der Waals surface area contributed by atoms with E-state index < -0.39 is 18.1 Å². The van der Waals surface area contributed by atoms with E-state index in [1.54, 1.807) is 18.2 Å². The molecule has 0 N–H and O–H groups in total. The van der Waals surface area contributed by atoms with Crippen molar-refractivity contribution in [1.29, 1.82) is 0 Å². The lowest BCUT2D eigenvalue weighted by Crippen LogP contribution is -2.00. The molecule has 0 saturated carbocycles. The highest BCUT2D eigenvalue weighted by Gasteiger charge is 2.21. The molecule has 0 saturated heterocycles. The zero-order chi connectivity index (χ0) is 41.4. The van der Waals surface area contributed by atoms with Crippen LogP contribution in [0.15, 0.2) is 198 Å². The first-order valence-electron chi connectivity index (χ1n) is 20.9. The van der Waals surface area contributed by atoms with Gasteiger partial charge in [0.15, 0.2) is 17.5 Å². The molecule has 0 aliphatic carbocycles. The van der Waals surface area contributed by atoms with Crippen LogP contribution in [0.3, 0.4) is 0 Å². The van der Waals surface area contributed by atoms with Gasteiger partial charge < -0.3 is 8.98 Å². The molecule has 0 fully saturated rings. The third kappa shape index (κ3) is 5.29. The molecule has 0 bridgehead atoms. The lowest BCUT2D eigenvalue weighted by Gasteiger charge is -2.11. The molecule has 11 rings (SSSR count). The molecule has 0 atom stereocenters. The van der Waals surface area contributed by atoms with Crippen molar-refractivity contribution >= 4 is 43.7 Å². The summed E-state index contributed by atoms with van der Waals surface area (Å²) in [4.78, 5) is 15.2. The number of fused-ring (bicyclic) bond motifs is 6. The van der Waals surface area contributed by atoms with Crippen LogP contribution < -0.4 is 0 Å². The van der Waals surface area contributed by atoms with E-state index >= 15 is 0 Å². The number of benzene rings is 8. The van der Waals surface area contributed by atoms with Gasteiger partial charge in [0, 0.05) is 43.9 Å². The van der Waals surface area contributed by atoms with Gasteiger partial charge in [-0.25, -0.2) is 15.0 Å². The maximum atomic E-state index is 8.64. The molecule has 8 aromatic carbocycles. The first-order valence-corrected chi connectivity index (χ1v) is 18.4. The van der Waals surface area contributed by atoms with Crippen LogP contribution >= 0.6 is 0 Å². The number of para-hydroxylation sites is 2. The van der Waals surface area contributed by atoms with E-state index in [1.807, 2.05) is 72.8 Å². The second kappa shape index (κ2) is 13.0. The summed E-state index contributed by atoms with van der Waals surface area (Å²) < 4.78 is 50.8. The Hall–Kier alpha value is -7.63. The Morgan fingerprint density at radius 1 is 0.411 bits per heavy atom. The molecule has 5 heteroatoms. The van der Waals surface area contributed by atoms with Crippen LogP contribution in [0.4, 0.5) is 0 Å². The Balaban J connectivity index is 1.12. The summed E-state index contributed by atoms with van der Waals surface area (Å²) in [6.45, 7) is 0. The van der Waals surface area contributed by atoms with Gasteiger partial charge in [-0.3, -0.25) is 0 Å². The second-order valence-electron chi connectivity index (χ2n) is 13.6. The molecule has 0 radical (unpaired) electrons. The van der Waals surface area contributed by atoms with Gasteiger partial charge in [-0.1, -0.05) is 145 Å². The molecule has 3 aromatic heterocycles. The van der Waals surface area contributed by atoms with Crippen molar-refractivity contribution in [2.24, 2.45) is 0 Å². The molecule has 3 heterocycles. The molecule has 0 unspecified atom stereocenters. The van der Waals surface area contributed by atoms with E-state index in [0.717, 1.165) is 66.1 Å². The van der Waals surface area contributed by atoms with Crippen LogP contribution in [0.2, 0.25) is 0 Å². The number of rotatable bonds is 6. The topological polar surface area (TPSA) is 56.7 Å². The first-order chi connectivity index (χ1) is 29.8. The predicted octanol–water partition coefficient (Wildman–Crippen LogP) is 13.2. The molecule has 11 aromatic rings. The van der Waals surface area contributed by atoms with E-state index in [-0.39, 0.29) is 17.6 Å². The number of aromatic nitrogens is 4. The average molecular weight is 722 g/mol. The van der Waals surface area contributed by atoms with Crippen molar-refractivity contribution in [1.82, 2.24) is 19.5 Å². The molecule has 262 valence electrons. The normalized spacial score (nSPS) is 12.8. The van der Waals surface area contributed by atoms with Crippen LogP contribution in [-0.2, 0) is 0 Å². The third-order valence-corrected chi connectivity index (χ3v) is 10.3. The van der Waals surface area contributed by atoms with Crippen LogP contribution in [0.25, 0.3) is 106 Å². The Morgan fingerprint density at radius 3 is 1.82 bits per heavy atom. The smallest absolute Gasteiger partial charge is 0.164 e. The van der Waals surface area contributed by atoms with Crippen LogP contribution in [0, 0.1) is 0 Å². The number of hydrogen-bond donors (Lipinski definition) is 0. The summed E-state index contributed by atoms with van der Waals surface area (Å²) in [5.74, 6) is 1.25. The fraction of sp³-hybridized carbons (Fsp3) is 0. The van der Waals surface area contributed by atoms with E-state index in [1.165, 1.54) is 0 Å². The minimum Gasteiger partial charge on any atom is -0.456 e. The Bertz CT molecular complexity index is 3520. The van der Waals surface area contributed by atoms with E-state index in [4.69, 9.17) is 26.2 Å². The minimum absolute atomic E-state index is 0.107. The lowest BCUT2D eigenvalue weighted by atomic mass is 9.96. The fourth-order valence-electron chi connectivity index (χ4n) is 7.84. The number of furan rings is 1. The summed E-state index contributed by atoms with van der Waals surface area (Å²) in [5.41, 5.74) is 9.52. The minimum atomic E-state index is -0.440. The highest BCUT2D eigenvalue weighted by Crippen LogP contribution is 2.43. The summed E-state index contributed by atoms with van der Waals surface area (Å²) in [6.07, 6.45) is 0. The summed E-state index contributed by atoms with van der Waals surface area (Å²) >= 11 is 0. The Kier molecular flexibility index (Phi) is 6.29. The summed E-state index contributed by atoms with van der Waals surface area (Å²) in [7, 11) is 0. The zero-order valence-corrected chi connectivity index (χ0v) is 29.8. The van der Waals surface area contributed by atoms with Crippen molar-refractivity contribution in [3.8, 4) is 62.1 Å². The highest BCUT2D eigenvalue weighted by atomic mass is 16.3. The second-order valence-corrected chi connectivity index (χ2v) is 13.6. The van der Waals surface area contributed by atoms with Gasteiger partial charge in [0.05, 0.1) is 17.9 Å². The number of nitrogens with zero attached hydrogens (tertiary/aromatic N) is 4. The van der Waals surface area contributed by atoms with Crippen LogP contribution in [-0.4, -0.2) is 19.5 Å². The van der Waals surface area contributed by atoms with Crippen LogP contribution in [0.5, 0.6) is 0 Å². The van der Waals surface area contributed by atoms with Crippen molar-refractivity contribution in [2.45, 2.75) is 0 Å². The molecule has 56 heavy (non-hydrogen) atoms. The SMILES string of the molecule is [2H]c1c([2H])c([2H])c(-c2cccc(-c3nc(-c4ccccc4)nc(-c4cccc5oc6cccc(-c7ccc8c(c7)c7ccccc7n8-c7ccccc7)c6c45)n3)c2)c([2H])c1[2H]. The monoisotopic (exact) mass is 721 g/mol. The maximum absolute atomic E-state index is 8.64. The largest absolute Gasteiger partial charge is 0.456 e. The number of hydrogen-bond acceptors (Lipinski definition) is 4.